The molecule has 0 aliphatic carbocycles. The molecule has 0 aromatic heterocycles. The Bertz CT molecular complexity index is 691. The van der Waals surface area contributed by atoms with E-state index in [1.165, 1.54) is 6.07 Å². The Kier molecular flexibility index (Phi) is 5.76. The monoisotopic (exact) mass is 390 g/mol. The number of carbonyl (C=O) groups is 1. The van der Waals surface area contributed by atoms with Gasteiger partial charge in [0.1, 0.15) is 11.6 Å². The second-order valence-corrected chi connectivity index (χ2v) is 8.31. The van der Waals surface area contributed by atoms with E-state index < -0.39 is 0 Å². The van der Waals surface area contributed by atoms with Crippen LogP contribution in [0.3, 0.4) is 0 Å². The van der Waals surface area contributed by atoms with E-state index in [0.717, 1.165) is 62.9 Å². The number of fused-ring (bicyclic) bond motifs is 2. The van der Waals surface area contributed by atoms with Crippen LogP contribution in [-0.4, -0.2) is 60.8 Å². The first-order valence-corrected chi connectivity index (χ1v) is 10.6. The topological polar surface area (TPSA) is 42.0 Å². The van der Waals surface area contributed by atoms with Crippen LogP contribution in [0.5, 0.6) is 5.75 Å². The van der Waals surface area contributed by atoms with E-state index in [1.54, 1.807) is 19.2 Å². The van der Waals surface area contributed by atoms with Gasteiger partial charge in [0.15, 0.2) is 0 Å². The lowest BCUT2D eigenvalue weighted by atomic mass is 9.86. The van der Waals surface area contributed by atoms with Gasteiger partial charge in [-0.15, -0.1) is 0 Å². The molecule has 1 aromatic rings. The van der Waals surface area contributed by atoms with Crippen molar-refractivity contribution in [3.05, 3.63) is 29.6 Å². The molecule has 5 nitrogen and oxygen atoms in total. The van der Waals surface area contributed by atoms with E-state index in [0.29, 0.717) is 30.7 Å². The molecule has 28 heavy (non-hydrogen) atoms. The summed E-state index contributed by atoms with van der Waals surface area (Å²) < 4.78 is 24.5. The second kappa shape index (κ2) is 8.27. The van der Waals surface area contributed by atoms with Gasteiger partial charge in [0.2, 0.25) is 0 Å². The number of nitrogens with zero attached hydrogens (tertiary/aromatic N) is 2. The van der Waals surface area contributed by atoms with Crippen molar-refractivity contribution in [3.63, 3.8) is 0 Å². The molecule has 0 spiro atoms. The van der Waals surface area contributed by atoms with Crippen molar-refractivity contribution < 1.29 is 18.7 Å². The summed E-state index contributed by atoms with van der Waals surface area (Å²) in [7, 11) is 1.65. The molecule has 2 bridgehead atoms. The number of piperidine rings is 2. The van der Waals surface area contributed by atoms with Crippen molar-refractivity contribution in [2.24, 2.45) is 0 Å². The fraction of sp³-hybridized carbons (Fsp3) is 0.682. The Labute approximate surface area is 166 Å². The van der Waals surface area contributed by atoms with Crippen LogP contribution in [0.2, 0.25) is 0 Å². The van der Waals surface area contributed by atoms with Gasteiger partial charge in [0.05, 0.1) is 13.7 Å². The molecule has 0 saturated carbocycles. The minimum atomic E-state index is -0.193. The molecular weight excluding hydrogens is 359 g/mol. The van der Waals surface area contributed by atoms with Crippen LogP contribution < -0.4 is 4.74 Å². The maximum atomic E-state index is 13.7. The Hall–Kier alpha value is -1.82. The van der Waals surface area contributed by atoms with Gasteiger partial charge in [-0.2, -0.15) is 0 Å². The summed E-state index contributed by atoms with van der Waals surface area (Å²) in [5.74, 6) is 0.944. The summed E-state index contributed by atoms with van der Waals surface area (Å²) in [6.07, 6.45) is 6.19. The fourth-order valence-corrected chi connectivity index (χ4v) is 5.54. The van der Waals surface area contributed by atoms with E-state index in [1.807, 2.05) is 11.8 Å². The third-order valence-corrected chi connectivity index (χ3v) is 6.86. The molecule has 1 amide bonds. The Balaban J connectivity index is 1.37. The summed E-state index contributed by atoms with van der Waals surface area (Å²) >= 11 is 0. The van der Waals surface area contributed by atoms with E-state index >= 15 is 0 Å². The number of likely N-dealkylation sites (tertiary alicyclic amines) is 1. The molecule has 1 aromatic carbocycles. The molecule has 0 N–H and O–H groups in total. The first-order chi connectivity index (χ1) is 13.6. The lowest BCUT2D eigenvalue weighted by molar-refractivity contribution is 0.0340. The number of methoxy groups -OCH3 is 1. The normalized spacial score (nSPS) is 28.4. The number of hydrogen-bond donors (Lipinski definition) is 0. The quantitative estimate of drug-likeness (QED) is 0.774. The Morgan fingerprint density at radius 3 is 2.39 bits per heavy atom. The smallest absolute Gasteiger partial charge is 0.410 e. The van der Waals surface area contributed by atoms with Crippen molar-refractivity contribution >= 4 is 6.09 Å². The van der Waals surface area contributed by atoms with Gasteiger partial charge in [0, 0.05) is 23.7 Å². The molecule has 154 valence electrons. The highest BCUT2D eigenvalue weighted by Crippen LogP contribution is 2.41. The SMILES string of the molecule is CCOC(=O)N1C2CCC1CC(N1CCC(c3cc(F)ccc3OC)CC1)C2. The number of halogens is 1. The highest BCUT2D eigenvalue weighted by atomic mass is 19.1. The van der Waals surface area contributed by atoms with Gasteiger partial charge in [-0.1, -0.05) is 0 Å². The number of amides is 1. The molecule has 4 rings (SSSR count). The highest BCUT2D eigenvalue weighted by Gasteiger charge is 2.45. The summed E-state index contributed by atoms with van der Waals surface area (Å²) in [6.45, 7) is 4.35. The lowest BCUT2D eigenvalue weighted by Gasteiger charge is -2.45. The highest BCUT2D eigenvalue weighted by molar-refractivity contribution is 5.69. The average molecular weight is 390 g/mol. The van der Waals surface area contributed by atoms with E-state index in [4.69, 9.17) is 9.47 Å². The number of ether oxygens (including phenoxy) is 2. The molecule has 3 fully saturated rings. The van der Waals surface area contributed by atoms with E-state index in [-0.39, 0.29) is 11.9 Å². The van der Waals surface area contributed by atoms with Gasteiger partial charge >= 0.3 is 6.09 Å². The molecule has 3 saturated heterocycles. The largest absolute Gasteiger partial charge is 0.496 e. The zero-order valence-electron chi connectivity index (χ0n) is 16.9. The molecule has 2 atom stereocenters. The van der Waals surface area contributed by atoms with Crippen molar-refractivity contribution in [2.45, 2.75) is 69.5 Å². The van der Waals surface area contributed by atoms with Gasteiger partial charge < -0.3 is 19.3 Å². The molecular formula is C22H31FN2O3. The predicted octanol–water partition coefficient (Wildman–Crippen LogP) is 4.17. The van der Waals surface area contributed by atoms with E-state index in [9.17, 15) is 9.18 Å². The van der Waals surface area contributed by atoms with Crippen molar-refractivity contribution in [1.29, 1.82) is 0 Å². The standard InChI is InChI=1S/C22H31FN2O3/c1-3-28-22(26)25-17-5-6-18(25)14-19(13-17)24-10-8-15(9-11-24)20-12-16(23)4-7-21(20)27-2/h4,7,12,15,17-19H,3,5-6,8-11,13-14H2,1-2H3. The molecule has 2 unspecified atom stereocenters. The maximum Gasteiger partial charge on any atom is 0.410 e. The van der Waals surface area contributed by atoms with Crippen molar-refractivity contribution in [1.82, 2.24) is 9.80 Å². The molecule has 0 radical (unpaired) electrons. The first kappa shape index (κ1) is 19.5. The molecule has 3 aliphatic rings. The average Bonchev–Trinajstić information content (AvgIpc) is 2.98. The van der Waals surface area contributed by atoms with Crippen LogP contribution in [0.25, 0.3) is 0 Å². The minimum absolute atomic E-state index is 0.134. The van der Waals surface area contributed by atoms with Crippen LogP contribution in [0.1, 0.15) is 56.9 Å². The molecule has 6 heteroatoms. The minimum Gasteiger partial charge on any atom is -0.496 e. The number of rotatable bonds is 4. The zero-order chi connectivity index (χ0) is 19.7. The van der Waals surface area contributed by atoms with Crippen LogP contribution in [-0.2, 0) is 4.74 Å². The third-order valence-electron chi connectivity index (χ3n) is 6.86. The number of carbonyl (C=O) groups excluding carboxylic acids is 1. The lowest BCUT2D eigenvalue weighted by Crippen LogP contribution is -2.53. The van der Waals surface area contributed by atoms with Gasteiger partial charge in [0.25, 0.3) is 0 Å². The zero-order valence-corrected chi connectivity index (χ0v) is 16.9. The predicted molar refractivity (Wildman–Crippen MR) is 105 cm³/mol. The van der Waals surface area contributed by atoms with Gasteiger partial charge in [-0.3, -0.25) is 0 Å². The van der Waals surface area contributed by atoms with Crippen LogP contribution >= 0.6 is 0 Å². The maximum absolute atomic E-state index is 13.7. The molecule has 3 heterocycles. The summed E-state index contributed by atoms with van der Waals surface area (Å²) in [5.41, 5.74) is 0.999. The third kappa shape index (κ3) is 3.71. The fourth-order valence-electron chi connectivity index (χ4n) is 5.54. The van der Waals surface area contributed by atoms with Crippen LogP contribution in [0.4, 0.5) is 9.18 Å². The van der Waals surface area contributed by atoms with E-state index in [2.05, 4.69) is 4.90 Å². The summed E-state index contributed by atoms with van der Waals surface area (Å²) in [6, 6.07) is 6.02. The Morgan fingerprint density at radius 1 is 1.11 bits per heavy atom. The van der Waals surface area contributed by atoms with Gasteiger partial charge in [-0.05, 0) is 82.7 Å². The van der Waals surface area contributed by atoms with Crippen LogP contribution in [0, 0.1) is 5.82 Å². The van der Waals surface area contributed by atoms with Crippen LogP contribution in [0.15, 0.2) is 18.2 Å². The number of benzene rings is 1. The summed E-state index contributed by atoms with van der Waals surface area (Å²) in [4.78, 5) is 16.9. The second-order valence-electron chi connectivity index (χ2n) is 8.31. The first-order valence-electron chi connectivity index (χ1n) is 10.6. The van der Waals surface area contributed by atoms with Gasteiger partial charge in [-0.25, -0.2) is 9.18 Å². The van der Waals surface area contributed by atoms with Crippen molar-refractivity contribution in [3.8, 4) is 5.75 Å². The Morgan fingerprint density at radius 2 is 1.79 bits per heavy atom. The summed E-state index contributed by atoms with van der Waals surface area (Å²) in [5, 5.41) is 0. The number of hydrogen-bond acceptors (Lipinski definition) is 4. The molecule has 3 aliphatic heterocycles. The van der Waals surface area contributed by atoms with Crippen molar-refractivity contribution in [2.75, 3.05) is 26.8 Å².